The second-order valence-corrected chi connectivity index (χ2v) is 7.66. The Morgan fingerprint density at radius 2 is 1.88 bits per heavy atom. The number of aromatic nitrogens is 1. The number of hydrogen-bond acceptors (Lipinski definition) is 6. The van der Waals surface area contributed by atoms with Crippen LogP contribution in [0.3, 0.4) is 0 Å². The number of halogens is 2. The fraction of sp³-hybridized carbons (Fsp3) is 0.0588. The van der Waals surface area contributed by atoms with Gasteiger partial charge in [0.05, 0.1) is 11.7 Å². The summed E-state index contributed by atoms with van der Waals surface area (Å²) in [7, 11) is 0. The van der Waals surface area contributed by atoms with Gasteiger partial charge in [-0.1, -0.05) is 31.9 Å². The van der Waals surface area contributed by atoms with Crippen molar-refractivity contribution in [2.24, 2.45) is 0 Å². The molecule has 0 atom stereocenters. The van der Waals surface area contributed by atoms with Crippen LogP contribution >= 0.6 is 43.2 Å². The van der Waals surface area contributed by atoms with Crippen LogP contribution < -0.4 is 15.2 Å². The van der Waals surface area contributed by atoms with Gasteiger partial charge in [-0.25, -0.2) is 4.98 Å². The topological polar surface area (TPSA) is 74.3 Å². The fourth-order valence-electron chi connectivity index (χ4n) is 2.08. The molecule has 0 aliphatic carbocycles. The predicted octanol–water partition coefficient (Wildman–Crippen LogP) is 4.21. The largest absolute Gasteiger partial charge is 0.546 e. The normalized spacial score (nSPS) is 10.5. The highest BCUT2D eigenvalue weighted by molar-refractivity contribution is 9.10. The number of nitrogens with zero attached hydrogens (tertiary/aromatic N) is 1. The molecule has 1 heterocycles. The molecule has 0 fully saturated rings. The number of aliphatic carboxylic acids is 1. The maximum Gasteiger partial charge on any atom is 0.187 e. The van der Waals surface area contributed by atoms with E-state index < -0.39 is 12.6 Å². The molecule has 3 aromatic rings. The number of carbonyl (C=O) groups excluding carboxylic acids is 1. The standard InChI is InChI=1S/C17H12Br2N2O3S/c18-10-1-4-12(5-2-10)20-17-21-14(9-25-17)13-7-11(19)3-6-15(13)24-8-16(22)23/h1-7,9H,8H2,(H,20,21)(H,22,23)/p-1. The SMILES string of the molecule is O=C([O-])COc1ccc(Br)cc1-c1csc(Nc2ccc(Br)cc2)n1. The van der Waals surface area contributed by atoms with Gasteiger partial charge < -0.3 is 20.0 Å². The molecule has 0 saturated heterocycles. The van der Waals surface area contributed by atoms with E-state index in [-0.39, 0.29) is 0 Å². The van der Waals surface area contributed by atoms with Crippen LogP contribution in [-0.2, 0) is 4.79 Å². The highest BCUT2D eigenvalue weighted by atomic mass is 79.9. The van der Waals surface area contributed by atoms with Crippen LogP contribution in [0.25, 0.3) is 11.3 Å². The van der Waals surface area contributed by atoms with Crippen molar-refractivity contribution in [1.82, 2.24) is 4.98 Å². The summed E-state index contributed by atoms with van der Waals surface area (Å²) in [5.41, 5.74) is 2.32. The summed E-state index contributed by atoms with van der Waals surface area (Å²) in [5, 5.41) is 16.5. The van der Waals surface area contributed by atoms with Gasteiger partial charge in [-0.3, -0.25) is 0 Å². The van der Waals surface area contributed by atoms with E-state index in [1.54, 1.807) is 12.1 Å². The molecule has 1 aromatic heterocycles. The highest BCUT2D eigenvalue weighted by Gasteiger charge is 2.12. The molecule has 0 radical (unpaired) electrons. The van der Waals surface area contributed by atoms with Gasteiger partial charge in [0.2, 0.25) is 0 Å². The van der Waals surface area contributed by atoms with Gasteiger partial charge in [0.25, 0.3) is 0 Å². The van der Waals surface area contributed by atoms with Crippen molar-refractivity contribution >= 4 is 60.0 Å². The predicted molar refractivity (Wildman–Crippen MR) is 103 cm³/mol. The number of anilines is 2. The minimum Gasteiger partial charge on any atom is -0.546 e. The Bertz CT molecular complexity index is 897. The van der Waals surface area contributed by atoms with Crippen molar-refractivity contribution in [3.05, 3.63) is 56.8 Å². The van der Waals surface area contributed by atoms with Crippen LogP contribution in [0.4, 0.5) is 10.8 Å². The summed E-state index contributed by atoms with van der Waals surface area (Å²) < 4.78 is 7.15. The Morgan fingerprint density at radius 1 is 1.16 bits per heavy atom. The molecule has 2 aromatic carbocycles. The average Bonchev–Trinajstić information content (AvgIpc) is 3.04. The lowest BCUT2D eigenvalue weighted by atomic mass is 10.1. The number of nitrogens with one attached hydrogen (secondary N) is 1. The van der Waals surface area contributed by atoms with E-state index in [1.807, 2.05) is 35.7 Å². The molecule has 0 aliphatic heterocycles. The first-order chi connectivity index (χ1) is 12.0. The Labute approximate surface area is 164 Å². The molecular formula is C17H11Br2N2O3S-. The number of benzene rings is 2. The zero-order valence-electron chi connectivity index (χ0n) is 12.7. The minimum atomic E-state index is -1.27. The van der Waals surface area contributed by atoms with Gasteiger partial charge in [0.15, 0.2) is 5.13 Å². The summed E-state index contributed by atoms with van der Waals surface area (Å²) in [5.74, 6) is -0.836. The summed E-state index contributed by atoms with van der Waals surface area (Å²) in [4.78, 5) is 15.2. The molecule has 3 rings (SSSR count). The number of hydrogen-bond donors (Lipinski definition) is 1. The van der Waals surface area contributed by atoms with E-state index in [9.17, 15) is 9.90 Å². The first-order valence-electron chi connectivity index (χ1n) is 7.12. The van der Waals surface area contributed by atoms with E-state index in [0.29, 0.717) is 17.0 Å². The number of ether oxygens (including phenoxy) is 1. The van der Waals surface area contributed by atoms with Crippen LogP contribution in [-0.4, -0.2) is 17.6 Å². The van der Waals surface area contributed by atoms with E-state index in [0.717, 1.165) is 19.8 Å². The summed E-state index contributed by atoms with van der Waals surface area (Å²) in [6.07, 6.45) is 0. The fourth-order valence-corrected chi connectivity index (χ4v) is 3.43. The lowest BCUT2D eigenvalue weighted by Crippen LogP contribution is -2.29. The molecule has 0 spiro atoms. The molecule has 5 nitrogen and oxygen atoms in total. The first-order valence-corrected chi connectivity index (χ1v) is 9.58. The van der Waals surface area contributed by atoms with Gasteiger partial charge in [0, 0.05) is 25.6 Å². The smallest absolute Gasteiger partial charge is 0.187 e. The third kappa shape index (κ3) is 4.81. The Balaban J connectivity index is 1.84. The van der Waals surface area contributed by atoms with Gasteiger partial charge in [-0.15, -0.1) is 11.3 Å². The maximum absolute atomic E-state index is 10.6. The van der Waals surface area contributed by atoms with E-state index >= 15 is 0 Å². The van der Waals surface area contributed by atoms with Gasteiger partial charge in [-0.2, -0.15) is 0 Å². The Morgan fingerprint density at radius 3 is 2.60 bits per heavy atom. The lowest BCUT2D eigenvalue weighted by Gasteiger charge is -2.11. The third-order valence-electron chi connectivity index (χ3n) is 3.16. The van der Waals surface area contributed by atoms with Gasteiger partial charge in [-0.05, 0) is 42.5 Å². The molecule has 25 heavy (non-hydrogen) atoms. The van der Waals surface area contributed by atoms with E-state index in [4.69, 9.17) is 4.74 Å². The first kappa shape index (κ1) is 17.9. The molecule has 0 unspecified atom stereocenters. The second kappa shape index (κ2) is 7.99. The molecule has 128 valence electrons. The number of thiazole rings is 1. The molecule has 0 saturated carbocycles. The molecule has 8 heteroatoms. The Kier molecular flexibility index (Phi) is 5.72. The molecular weight excluding hydrogens is 472 g/mol. The Hall–Kier alpha value is -1.90. The number of carboxylic acid groups (broad SMARTS) is 1. The van der Waals surface area contributed by atoms with E-state index in [1.165, 1.54) is 11.3 Å². The maximum atomic E-state index is 10.6. The number of rotatable bonds is 6. The van der Waals surface area contributed by atoms with Gasteiger partial charge in [0.1, 0.15) is 12.4 Å². The monoisotopic (exact) mass is 481 g/mol. The quantitative estimate of drug-likeness (QED) is 0.569. The number of carboxylic acids is 1. The lowest BCUT2D eigenvalue weighted by molar-refractivity contribution is -0.307. The zero-order chi connectivity index (χ0) is 17.8. The van der Waals surface area contributed by atoms with Crippen molar-refractivity contribution in [2.75, 3.05) is 11.9 Å². The van der Waals surface area contributed by atoms with Crippen molar-refractivity contribution < 1.29 is 14.6 Å². The molecule has 0 bridgehead atoms. The van der Waals surface area contributed by atoms with Crippen molar-refractivity contribution in [3.8, 4) is 17.0 Å². The van der Waals surface area contributed by atoms with Crippen LogP contribution in [0.5, 0.6) is 5.75 Å². The molecule has 0 amide bonds. The highest BCUT2D eigenvalue weighted by Crippen LogP contribution is 2.35. The van der Waals surface area contributed by atoms with Gasteiger partial charge >= 0.3 is 0 Å². The third-order valence-corrected chi connectivity index (χ3v) is 4.94. The summed E-state index contributed by atoms with van der Waals surface area (Å²) in [6.45, 7) is -0.511. The summed E-state index contributed by atoms with van der Waals surface area (Å²) >= 11 is 8.26. The van der Waals surface area contributed by atoms with Crippen molar-refractivity contribution in [1.29, 1.82) is 0 Å². The van der Waals surface area contributed by atoms with E-state index in [2.05, 4.69) is 42.2 Å². The van der Waals surface area contributed by atoms with Crippen LogP contribution in [0.15, 0.2) is 56.8 Å². The number of carbonyl (C=O) groups is 1. The average molecular weight is 483 g/mol. The van der Waals surface area contributed by atoms with Crippen molar-refractivity contribution in [3.63, 3.8) is 0 Å². The van der Waals surface area contributed by atoms with Crippen molar-refractivity contribution in [2.45, 2.75) is 0 Å². The van der Waals surface area contributed by atoms with Crippen LogP contribution in [0.2, 0.25) is 0 Å². The molecule has 0 aliphatic rings. The minimum absolute atomic E-state index is 0.438. The van der Waals surface area contributed by atoms with Crippen LogP contribution in [0, 0.1) is 0 Å². The molecule has 1 N–H and O–H groups in total. The summed E-state index contributed by atoms with van der Waals surface area (Å²) in [6, 6.07) is 13.1. The van der Waals surface area contributed by atoms with Crippen LogP contribution in [0.1, 0.15) is 0 Å². The zero-order valence-corrected chi connectivity index (χ0v) is 16.7. The second-order valence-electron chi connectivity index (χ2n) is 4.97.